The molecule has 1 fully saturated rings. The Kier molecular flexibility index (Phi) is 6.05. The molecule has 24 heavy (non-hydrogen) atoms. The lowest BCUT2D eigenvalue weighted by Gasteiger charge is -2.25. The van der Waals surface area contributed by atoms with Gasteiger partial charge in [0.1, 0.15) is 5.54 Å². The molecule has 0 saturated carbocycles. The van der Waals surface area contributed by atoms with Crippen LogP contribution in [0.25, 0.3) is 0 Å². The Labute approximate surface area is 144 Å². The SMILES string of the molecule is [B]CCC[C@H]1CN(C(=O)[C@@H](C)Cc2ccccc2)C[C@@]1(N)C(=O)O. The Morgan fingerprint density at radius 3 is 2.67 bits per heavy atom. The van der Waals surface area contributed by atoms with Crippen molar-refractivity contribution in [2.24, 2.45) is 17.6 Å². The van der Waals surface area contributed by atoms with Crippen molar-refractivity contribution in [2.75, 3.05) is 13.1 Å². The molecule has 1 aliphatic heterocycles. The summed E-state index contributed by atoms with van der Waals surface area (Å²) in [5.74, 6) is -1.55. The summed E-state index contributed by atoms with van der Waals surface area (Å²) in [7, 11) is 5.53. The van der Waals surface area contributed by atoms with Crippen molar-refractivity contribution < 1.29 is 14.7 Å². The maximum absolute atomic E-state index is 12.7. The van der Waals surface area contributed by atoms with E-state index < -0.39 is 11.5 Å². The first kappa shape index (κ1) is 18.5. The minimum absolute atomic E-state index is 0.0369. The number of carbonyl (C=O) groups excluding carboxylic acids is 1. The second kappa shape index (κ2) is 7.84. The molecule has 1 saturated heterocycles. The number of rotatable bonds is 7. The Balaban J connectivity index is 2.05. The van der Waals surface area contributed by atoms with Gasteiger partial charge in [-0.1, -0.05) is 50.0 Å². The zero-order valence-corrected chi connectivity index (χ0v) is 14.1. The Bertz CT molecular complexity index is 581. The van der Waals surface area contributed by atoms with Crippen LogP contribution in [0.1, 0.15) is 25.3 Å². The number of nitrogens with zero attached hydrogens (tertiary/aromatic N) is 1. The van der Waals surface area contributed by atoms with E-state index in [-0.39, 0.29) is 24.3 Å². The summed E-state index contributed by atoms with van der Waals surface area (Å²) in [5.41, 5.74) is 5.85. The normalized spacial score (nSPS) is 24.8. The predicted molar refractivity (Wildman–Crippen MR) is 93.7 cm³/mol. The number of carboxylic acids is 1. The third-order valence-corrected chi connectivity index (χ3v) is 4.89. The zero-order valence-electron chi connectivity index (χ0n) is 14.1. The molecule has 5 nitrogen and oxygen atoms in total. The van der Waals surface area contributed by atoms with E-state index in [9.17, 15) is 14.7 Å². The predicted octanol–water partition coefficient (Wildman–Crippen LogP) is 1.47. The molecule has 0 bridgehead atoms. The fraction of sp³-hybridized carbons (Fsp3) is 0.556. The quantitative estimate of drug-likeness (QED) is 0.743. The summed E-state index contributed by atoms with van der Waals surface area (Å²) in [6, 6.07) is 9.81. The van der Waals surface area contributed by atoms with Gasteiger partial charge < -0.3 is 15.7 Å². The van der Waals surface area contributed by atoms with E-state index in [4.69, 9.17) is 13.6 Å². The number of benzene rings is 1. The molecule has 128 valence electrons. The van der Waals surface area contributed by atoms with E-state index in [0.29, 0.717) is 32.1 Å². The lowest BCUT2D eigenvalue weighted by atomic mass is 9.83. The summed E-state index contributed by atoms with van der Waals surface area (Å²) in [5, 5.41) is 9.52. The van der Waals surface area contributed by atoms with Crippen LogP contribution in [0.3, 0.4) is 0 Å². The van der Waals surface area contributed by atoms with Crippen LogP contribution in [-0.2, 0) is 16.0 Å². The molecule has 1 aliphatic rings. The maximum atomic E-state index is 12.7. The van der Waals surface area contributed by atoms with Gasteiger partial charge in [-0.05, 0) is 18.4 Å². The number of hydrogen-bond acceptors (Lipinski definition) is 3. The topological polar surface area (TPSA) is 83.6 Å². The average Bonchev–Trinajstić information content (AvgIpc) is 2.91. The van der Waals surface area contributed by atoms with Gasteiger partial charge in [0, 0.05) is 24.9 Å². The Morgan fingerprint density at radius 1 is 1.42 bits per heavy atom. The fourth-order valence-electron chi connectivity index (χ4n) is 3.43. The summed E-state index contributed by atoms with van der Waals surface area (Å²) >= 11 is 0. The van der Waals surface area contributed by atoms with Crippen LogP contribution in [0.5, 0.6) is 0 Å². The van der Waals surface area contributed by atoms with Crippen molar-refractivity contribution in [1.82, 2.24) is 4.90 Å². The third-order valence-electron chi connectivity index (χ3n) is 4.89. The van der Waals surface area contributed by atoms with Gasteiger partial charge in [-0.3, -0.25) is 9.59 Å². The molecule has 1 aromatic carbocycles. The molecule has 0 unspecified atom stereocenters. The monoisotopic (exact) mass is 328 g/mol. The molecule has 6 heteroatoms. The molecule has 3 N–H and O–H groups in total. The van der Waals surface area contributed by atoms with Crippen LogP contribution in [0.15, 0.2) is 30.3 Å². The van der Waals surface area contributed by atoms with Crippen molar-refractivity contribution in [2.45, 2.75) is 38.0 Å². The summed E-state index contributed by atoms with van der Waals surface area (Å²) in [6.45, 7) is 2.33. The Hall–Kier alpha value is -1.82. The largest absolute Gasteiger partial charge is 0.480 e. The minimum Gasteiger partial charge on any atom is -0.480 e. The minimum atomic E-state index is -1.38. The van der Waals surface area contributed by atoms with Gasteiger partial charge in [0.05, 0.1) is 7.85 Å². The number of hydrogen-bond donors (Lipinski definition) is 2. The molecule has 1 aromatic rings. The van der Waals surface area contributed by atoms with E-state index in [0.717, 1.165) is 5.56 Å². The highest BCUT2D eigenvalue weighted by atomic mass is 16.4. The standard InChI is InChI=1S/C18H25BN2O3/c1-13(10-14-6-3-2-4-7-14)16(22)21-11-15(8-5-9-19)18(20,12-21)17(23)24/h2-4,6-7,13,15H,5,8-12,20H2,1H3,(H,23,24)/t13-,15-,18-/m0/s1. The number of amides is 1. The van der Waals surface area contributed by atoms with Crippen LogP contribution < -0.4 is 5.73 Å². The van der Waals surface area contributed by atoms with Crippen LogP contribution >= 0.6 is 0 Å². The molecule has 0 spiro atoms. The highest BCUT2D eigenvalue weighted by molar-refractivity contribution is 6.08. The molecule has 2 radical (unpaired) electrons. The van der Waals surface area contributed by atoms with E-state index >= 15 is 0 Å². The van der Waals surface area contributed by atoms with Crippen LogP contribution in [0, 0.1) is 11.8 Å². The number of carbonyl (C=O) groups is 2. The smallest absolute Gasteiger partial charge is 0.325 e. The number of aliphatic carboxylic acids is 1. The third kappa shape index (κ3) is 3.98. The van der Waals surface area contributed by atoms with E-state index in [1.165, 1.54) is 0 Å². The van der Waals surface area contributed by atoms with Gasteiger partial charge in [0.25, 0.3) is 0 Å². The van der Waals surface area contributed by atoms with Crippen molar-refractivity contribution in [3.63, 3.8) is 0 Å². The summed E-state index contributed by atoms with van der Waals surface area (Å²) in [4.78, 5) is 26.0. The Morgan fingerprint density at radius 2 is 2.08 bits per heavy atom. The second-order valence-corrected chi connectivity index (χ2v) is 6.78. The van der Waals surface area contributed by atoms with Crippen LogP contribution in [-0.4, -0.2) is 48.4 Å². The zero-order chi connectivity index (χ0) is 17.7. The van der Waals surface area contributed by atoms with Gasteiger partial charge in [0.15, 0.2) is 0 Å². The summed E-state index contributed by atoms with van der Waals surface area (Å²) < 4.78 is 0. The molecule has 1 amide bonds. The first-order valence-corrected chi connectivity index (χ1v) is 8.43. The number of likely N-dealkylation sites (tertiary alicyclic amines) is 1. The molecule has 1 heterocycles. The summed E-state index contributed by atoms with van der Waals surface area (Å²) in [6.07, 6.45) is 2.45. The molecule has 2 rings (SSSR count). The van der Waals surface area contributed by atoms with Gasteiger partial charge >= 0.3 is 5.97 Å². The van der Waals surface area contributed by atoms with Crippen LogP contribution in [0.4, 0.5) is 0 Å². The van der Waals surface area contributed by atoms with Crippen molar-refractivity contribution in [3.05, 3.63) is 35.9 Å². The van der Waals surface area contributed by atoms with Gasteiger partial charge in [0.2, 0.25) is 5.91 Å². The highest BCUT2D eigenvalue weighted by Crippen LogP contribution is 2.31. The van der Waals surface area contributed by atoms with E-state index in [2.05, 4.69) is 0 Å². The lowest BCUT2D eigenvalue weighted by molar-refractivity contribution is -0.144. The van der Waals surface area contributed by atoms with Gasteiger partial charge in [-0.15, -0.1) is 0 Å². The van der Waals surface area contributed by atoms with Crippen LogP contribution in [0.2, 0.25) is 6.32 Å². The number of nitrogens with two attached hydrogens (primary N) is 1. The van der Waals surface area contributed by atoms with E-state index in [1.54, 1.807) is 4.90 Å². The highest BCUT2D eigenvalue weighted by Gasteiger charge is 2.50. The van der Waals surface area contributed by atoms with Gasteiger partial charge in [-0.25, -0.2) is 0 Å². The second-order valence-electron chi connectivity index (χ2n) is 6.78. The molecule has 0 aromatic heterocycles. The van der Waals surface area contributed by atoms with Crippen molar-refractivity contribution >= 4 is 19.7 Å². The number of carboxylic acid groups (broad SMARTS) is 1. The maximum Gasteiger partial charge on any atom is 0.325 e. The van der Waals surface area contributed by atoms with Crippen molar-refractivity contribution in [3.8, 4) is 0 Å². The molecular weight excluding hydrogens is 303 g/mol. The first-order valence-electron chi connectivity index (χ1n) is 8.43. The average molecular weight is 328 g/mol. The molecular formula is C18H25BN2O3. The molecule has 0 aliphatic carbocycles. The first-order chi connectivity index (χ1) is 11.4. The lowest BCUT2D eigenvalue weighted by Crippen LogP contribution is -2.55. The molecule has 3 atom stereocenters. The van der Waals surface area contributed by atoms with Gasteiger partial charge in [-0.2, -0.15) is 0 Å². The van der Waals surface area contributed by atoms with E-state index in [1.807, 2.05) is 37.3 Å². The fourth-order valence-corrected chi connectivity index (χ4v) is 3.43. The van der Waals surface area contributed by atoms with Crippen molar-refractivity contribution in [1.29, 1.82) is 0 Å².